The lowest BCUT2D eigenvalue weighted by atomic mass is 10.0. The molecule has 0 aliphatic rings. The molecule has 0 rings (SSSR count). The zero-order valence-corrected chi connectivity index (χ0v) is 37.6. The maximum atomic E-state index is 12.6. The number of nitrogens with two attached hydrogens (primary N) is 1. The van der Waals surface area contributed by atoms with Crippen LogP contribution in [0.15, 0.2) is 0 Å². The highest BCUT2D eigenvalue weighted by molar-refractivity contribution is 7.47. The van der Waals surface area contributed by atoms with Gasteiger partial charge in [0.2, 0.25) is 0 Å². The van der Waals surface area contributed by atoms with Gasteiger partial charge in [0.15, 0.2) is 0 Å². The van der Waals surface area contributed by atoms with Gasteiger partial charge >= 0.3 is 13.8 Å². The van der Waals surface area contributed by atoms with Gasteiger partial charge in [0.05, 0.1) is 19.8 Å². The summed E-state index contributed by atoms with van der Waals surface area (Å²) in [7, 11) is -4.27. The Bertz CT molecular complexity index is 817. The summed E-state index contributed by atoms with van der Waals surface area (Å²) in [5.41, 5.74) is 5.38. The molecule has 0 spiro atoms. The summed E-state index contributed by atoms with van der Waals surface area (Å²) in [5, 5.41) is 0. The molecule has 0 saturated heterocycles. The van der Waals surface area contributed by atoms with E-state index in [2.05, 4.69) is 13.8 Å². The first-order chi connectivity index (χ1) is 26.9. The van der Waals surface area contributed by atoms with Crippen molar-refractivity contribution >= 4 is 13.8 Å². The van der Waals surface area contributed by atoms with Crippen molar-refractivity contribution < 1.29 is 32.8 Å². The van der Waals surface area contributed by atoms with Crippen molar-refractivity contribution in [2.75, 3.05) is 33.0 Å². The van der Waals surface area contributed by atoms with Crippen molar-refractivity contribution in [3.8, 4) is 0 Å². The molecule has 0 aliphatic heterocycles. The van der Waals surface area contributed by atoms with E-state index in [4.69, 9.17) is 24.3 Å². The molecule has 2 atom stereocenters. The molecule has 0 fully saturated rings. The fourth-order valence-electron chi connectivity index (χ4n) is 7.24. The summed E-state index contributed by atoms with van der Waals surface area (Å²) in [4.78, 5) is 22.5. The number of esters is 1. The fourth-order valence-corrected chi connectivity index (χ4v) is 8.00. The van der Waals surface area contributed by atoms with Gasteiger partial charge in [-0.15, -0.1) is 0 Å². The molecule has 0 saturated carbocycles. The van der Waals surface area contributed by atoms with E-state index in [1.165, 1.54) is 199 Å². The second kappa shape index (κ2) is 44.6. The summed E-state index contributed by atoms with van der Waals surface area (Å²) < 4.78 is 33.5. The van der Waals surface area contributed by atoms with Gasteiger partial charge in [0.25, 0.3) is 0 Å². The number of hydrogen-bond acceptors (Lipinski definition) is 7. The highest BCUT2D eigenvalue weighted by Gasteiger charge is 2.25. The Kier molecular flexibility index (Phi) is 44.2. The average Bonchev–Trinajstić information content (AvgIpc) is 3.17. The minimum Gasteiger partial charge on any atom is -0.457 e. The molecule has 9 heteroatoms. The van der Waals surface area contributed by atoms with Gasteiger partial charge in [-0.25, -0.2) is 4.57 Å². The first-order valence-electron chi connectivity index (χ1n) is 24.0. The molecule has 55 heavy (non-hydrogen) atoms. The van der Waals surface area contributed by atoms with E-state index in [0.717, 1.165) is 32.1 Å². The zero-order valence-electron chi connectivity index (χ0n) is 36.7. The molecule has 330 valence electrons. The minimum atomic E-state index is -4.27. The van der Waals surface area contributed by atoms with Gasteiger partial charge in [-0.05, 0) is 12.8 Å². The van der Waals surface area contributed by atoms with E-state index in [9.17, 15) is 14.3 Å². The van der Waals surface area contributed by atoms with E-state index < -0.39 is 13.9 Å². The zero-order chi connectivity index (χ0) is 40.2. The second-order valence-corrected chi connectivity index (χ2v) is 17.8. The number of carbonyl (C=O) groups excluding carboxylic acids is 1. The molecule has 0 radical (unpaired) electrons. The van der Waals surface area contributed by atoms with E-state index in [1.54, 1.807) is 0 Å². The maximum Gasteiger partial charge on any atom is 0.472 e. The van der Waals surface area contributed by atoms with Crippen LogP contribution in [-0.2, 0) is 27.9 Å². The molecule has 0 aliphatic carbocycles. The summed E-state index contributed by atoms with van der Waals surface area (Å²) in [6.07, 6.45) is 47.0. The predicted octanol–water partition coefficient (Wildman–Crippen LogP) is 14.5. The molecule has 0 amide bonds. The second-order valence-electron chi connectivity index (χ2n) is 16.3. The number of hydrogen-bond donors (Lipinski definition) is 2. The molecular formula is C46H94NO7P. The molecule has 8 nitrogen and oxygen atoms in total. The van der Waals surface area contributed by atoms with Crippen LogP contribution in [0.1, 0.15) is 251 Å². The lowest BCUT2D eigenvalue weighted by molar-refractivity contribution is -0.154. The van der Waals surface area contributed by atoms with Crippen molar-refractivity contribution in [1.82, 2.24) is 0 Å². The van der Waals surface area contributed by atoms with Crippen molar-refractivity contribution in [2.24, 2.45) is 5.73 Å². The van der Waals surface area contributed by atoms with E-state index in [0.29, 0.717) is 13.0 Å². The van der Waals surface area contributed by atoms with E-state index >= 15 is 0 Å². The van der Waals surface area contributed by atoms with Crippen LogP contribution < -0.4 is 5.73 Å². The number of phosphoric acid groups is 1. The van der Waals surface area contributed by atoms with Gasteiger partial charge < -0.3 is 20.1 Å². The lowest BCUT2D eigenvalue weighted by Crippen LogP contribution is -2.28. The van der Waals surface area contributed by atoms with Crippen LogP contribution >= 0.6 is 7.82 Å². The first kappa shape index (κ1) is 54.5. The number of rotatable bonds is 47. The SMILES string of the molecule is CCCCCCCCCCCCCCCCCCCCCCOC[C@H](COP(=O)(O)OCCN)OC(=O)CCCCCCCCCCCCCCCCCC. The quantitative estimate of drug-likeness (QED) is 0.0355. The molecule has 3 N–H and O–H groups in total. The van der Waals surface area contributed by atoms with Gasteiger partial charge in [-0.1, -0.05) is 232 Å². The molecule has 0 aromatic carbocycles. The average molecular weight is 804 g/mol. The number of ether oxygens (including phenoxy) is 2. The van der Waals surface area contributed by atoms with E-state index in [1.807, 2.05) is 0 Å². The number of unbranched alkanes of at least 4 members (excludes halogenated alkanes) is 34. The van der Waals surface area contributed by atoms with Crippen molar-refractivity contribution in [3.63, 3.8) is 0 Å². The molecule has 0 aromatic heterocycles. The Balaban J connectivity index is 3.90. The molecule has 1 unspecified atom stereocenters. The Morgan fingerprint density at radius 2 is 0.800 bits per heavy atom. The Hall–Kier alpha value is -0.500. The van der Waals surface area contributed by atoms with Crippen LogP contribution in [0.25, 0.3) is 0 Å². The Morgan fingerprint density at radius 1 is 0.473 bits per heavy atom. The first-order valence-corrected chi connectivity index (χ1v) is 25.5. The monoisotopic (exact) mass is 804 g/mol. The highest BCUT2D eigenvalue weighted by atomic mass is 31.2. The van der Waals surface area contributed by atoms with Crippen LogP contribution in [0.5, 0.6) is 0 Å². The summed E-state index contributed by atoms with van der Waals surface area (Å²) >= 11 is 0. The van der Waals surface area contributed by atoms with Crippen LogP contribution in [0, 0.1) is 0 Å². The standard InChI is InChI=1S/C46H94NO7P/c1-3-5-7-9-11-13-15-17-19-21-22-23-24-26-28-30-32-34-36-38-41-51-43-45(44-53-55(49,50)52-42-40-47)54-46(48)39-37-35-33-31-29-27-25-20-18-16-14-12-10-8-6-4-2/h45H,3-44,47H2,1-2H3,(H,49,50)/t45-/m1/s1. The largest absolute Gasteiger partial charge is 0.472 e. The number of carbonyl (C=O) groups is 1. The number of phosphoric ester groups is 1. The van der Waals surface area contributed by atoms with Gasteiger partial charge in [0, 0.05) is 19.6 Å². The third-order valence-corrected chi connectivity index (χ3v) is 11.8. The normalized spacial score (nSPS) is 13.3. The Morgan fingerprint density at radius 3 is 1.15 bits per heavy atom. The smallest absolute Gasteiger partial charge is 0.457 e. The maximum absolute atomic E-state index is 12.6. The van der Waals surface area contributed by atoms with Crippen LogP contribution in [0.3, 0.4) is 0 Å². The van der Waals surface area contributed by atoms with Crippen LogP contribution in [-0.4, -0.2) is 49.9 Å². The minimum absolute atomic E-state index is 0.0899. The summed E-state index contributed by atoms with van der Waals surface area (Å²) in [5.74, 6) is -0.322. The summed E-state index contributed by atoms with van der Waals surface area (Å²) in [6, 6.07) is 0. The van der Waals surface area contributed by atoms with Crippen molar-refractivity contribution in [1.29, 1.82) is 0 Å². The predicted molar refractivity (Wildman–Crippen MR) is 234 cm³/mol. The Labute approximate surface area is 341 Å². The van der Waals surface area contributed by atoms with Gasteiger partial charge in [-0.3, -0.25) is 13.8 Å². The summed E-state index contributed by atoms with van der Waals surface area (Å²) in [6.45, 7) is 5.00. The molecule has 0 aromatic rings. The van der Waals surface area contributed by atoms with Crippen LogP contribution in [0.4, 0.5) is 0 Å². The third-order valence-electron chi connectivity index (χ3n) is 10.8. The molecule has 0 bridgehead atoms. The lowest BCUT2D eigenvalue weighted by Gasteiger charge is -2.20. The van der Waals surface area contributed by atoms with Crippen LogP contribution in [0.2, 0.25) is 0 Å². The van der Waals surface area contributed by atoms with Crippen molar-refractivity contribution in [3.05, 3.63) is 0 Å². The topological polar surface area (TPSA) is 117 Å². The van der Waals surface area contributed by atoms with Gasteiger partial charge in [-0.2, -0.15) is 0 Å². The molecule has 0 heterocycles. The molecular weight excluding hydrogens is 709 g/mol. The van der Waals surface area contributed by atoms with Gasteiger partial charge in [0.1, 0.15) is 6.10 Å². The third kappa shape index (κ3) is 44.4. The van der Waals surface area contributed by atoms with E-state index in [-0.39, 0.29) is 32.3 Å². The fraction of sp³-hybridized carbons (Fsp3) is 0.978. The van der Waals surface area contributed by atoms with Crippen molar-refractivity contribution in [2.45, 2.75) is 258 Å². The highest BCUT2D eigenvalue weighted by Crippen LogP contribution is 2.43.